The molecule has 0 aliphatic heterocycles. The highest BCUT2D eigenvalue weighted by molar-refractivity contribution is 5.66. The second-order valence-electron chi connectivity index (χ2n) is 5.90. The van der Waals surface area contributed by atoms with Crippen molar-refractivity contribution in [1.82, 2.24) is 4.90 Å². The molecule has 0 aliphatic rings. The molecule has 100 valence electrons. The summed E-state index contributed by atoms with van der Waals surface area (Å²) >= 11 is 0. The Morgan fingerprint density at radius 3 is 2.33 bits per heavy atom. The van der Waals surface area contributed by atoms with Crippen LogP contribution in [0.2, 0.25) is 0 Å². The number of carboxylic acid groups (broad SMARTS) is 1. The van der Waals surface area contributed by atoms with Crippen molar-refractivity contribution in [2.45, 2.75) is 33.7 Å². The van der Waals surface area contributed by atoms with Gasteiger partial charge in [0, 0.05) is 19.6 Å². The Morgan fingerprint density at radius 2 is 1.83 bits per heavy atom. The highest BCUT2D eigenvalue weighted by Crippen LogP contribution is 2.17. The van der Waals surface area contributed by atoms with Crippen LogP contribution in [0, 0.1) is 5.41 Å². The van der Waals surface area contributed by atoms with Crippen LogP contribution in [0.25, 0.3) is 0 Å². The van der Waals surface area contributed by atoms with Crippen LogP contribution in [-0.2, 0) is 11.3 Å². The zero-order valence-electron chi connectivity index (χ0n) is 11.5. The number of carboxylic acids is 1. The fraction of sp³-hybridized carbons (Fsp3) is 0.533. The van der Waals surface area contributed by atoms with Gasteiger partial charge in [-0.1, -0.05) is 51.1 Å². The normalized spacial score (nSPS) is 11.8. The molecule has 0 fully saturated rings. The van der Waals surface area contributed by atoms with Crippen LogP contribution in [0.4, 0.5) is 0 Å². The second-order valence-corrected chi connectivity index (χ2v) is 5.90. The smallest absolute Gasteiger partial charge is 0.304 e. The Bertz CT molecular complexity index is 368. The van der Waals surface area contributed by atoms with Crippen molar-refractivity contribution < 1.29 is 9.90 Å². The molecule has 3 nitrogen and oxygen atoms in total. The minimum atomic E-state index is -0.734. The molecule has 0 radical (unpaired) electrons. The van der Waals surface area contributed by atoms with Crippen molar-refractivity contribution in [1.29, 1.82) is 0 Å². The van der Waals surface area contributed by atoms with Gasteiger partial charge in [-0.2, -0.15) is 0 Å². The summed E-state index contributed by atoms with van der Waals surface area (Å²) < 4.78 is 0. The van der Waals surface area contributed by atoms with Gasteiger partial charge in [-0.25, -0.2) is 0 Å². The molecule has 3 heteroatoms. The van der Waals surface area contributed by atoms with Gasteiger partial charge in [0.2, 0.25) is 0 Å². The molecule has 0 saturated heterocycles. The number of hydrogen-bond acceptors (Lipinski definition) is 2. The Hall–Kier alpha value is -1.35. The monoisotopic (exact) mass is 249 g/mol. The Kier molecular flexibility index (Phi) is 5.35. The van der Waals surface area contributed by atoms with E-state index in [-0.39, 0.29) is 11.8 Å². The van der Waals surface area contributed by atoms with Crippen LogP contribution in [0.15, 0.2) is 30.3 Å². The summed E-state index contributed by atoms with van der Waals surface area (Å²) in [6, 6.07) is 10.2. The van der Waals surface area contributed by atoms with Crippen molar-refractivity contribution in [3.8, 4) is 0 Å². The fourth-order valence-corrected chi connectivity index (χ4v) is 1.98. The Morgan fingerprint density at radius 1 is 1.22 bits per heavy atom. The fourth-order valence-electron chi connectivity index (χ4n) is 1.98. The predicted molar refractivity (Wildman–Crippen MR) is 73.4 cm³/mol. The van der Waals surface area contributed by atoms with Crippen LogP contribution in [0.3, 0.4) is 0 Å². The van der Waals surface area contributed by atoms with Crippen molar-refractivity contribution in [3.63, 3.8) is 0 Å². The van der Waals surface area contributed by atoms with Crippen molar-refractivity contribution >= 4 is 5.97 Å². The summed E-state index contributed by atoms with van der Waals surface area (Å²) in [4.78, 5) is 12.9. The number of carbonyl (C=O) groups is 1. The highest BCUT2D eigenvalue weighted by Gasteiger charge is 2.17. The van der Waals surface area contributed by atoms with Gasteiger partial charge in [0.1, 0.15) is 0 Å². The third-order valence-electron chi connectivity index (χ3n) is 2.59. The molecule has 1 rings (SSSR count). The first kappa shape index (κ1) is 14.7. The van der Waals surface area contributed by atoms with E-state index in [0.29, 0.717) is 6.54 Å². The van der Waals surface area contributed by atoms with Gasteiger partial charge < -0.3 is 5.11 Å². The first-order valence-electron chi connectivity index (χ1n) is 6.35. The summed E-state index contributed by atoms with van der Waals surface area (Å²) in [6.45, 7) is 8.82. The average molecular weight is 249 g/mol. The molecule has 0 aliphatic carbocycles. The minimum Gasteiger partial charge on any atom is -0.481 e. The van der Waals surface area contributed by atoms with Gasteiger partial charge in [-0.3, -0.25) is 9.69 Å². The lowest BCUT2D eigenvalue weighted by molar-refractivity contribution is -0.137. The summed E-state index contributed by atoms with van der Waals surface area (Å²) in [7, 11) is 0. The van der Waals surface area contributed by atoms with E-state index in [2.05, 4.69) is 37.8 Å². The minimum absolute atomic E-state index is 0.174. The van der Waals surface area contributed by atoms with Gasteiger partial charge in [0.05, 0.1) is 6.42 Å². The lowest BCUT2D eigenvalue weighted by Gasteiger charge is -2.29. The van der Waals surface area contributed by atoms with Gasteiger partial charge >= 0.3 is 5.97 Å². The Balaban J connectivity index is 2.62. The standard InChI is InChI=1S/C15H23NO2/c1-15(2,3)12-16(10-9-14(17)18)11-13-7-5-4-6-8-13/h4-8H,9-12H2,1-3H3,(H,17,18). The first-order chi connectivity index (χ1) is 8.37. The lowest BCUT2D eigenvalue weighted by atomic mass is 9.95. The highest BCUT2D eigenvalue weighted by atomic mass is 16.4. The zero-order valence-corrected chi connectivity index (χ0v) is 11.5. The van der Waals surface area contributed by atoms with Crippen molar-refractivity contribution in [2.75, 3.05) is 13.1 Å². The molecule has 0 unspecified atom stereocenters. The van der Waals surface area contributed by atoms with Gasteiger partial charge in [-0.05, 0) is 11.0 Å². The average Bonchev–Trinajstić information content (AvgIpc) is 2.25. The molecule has 0 atom stereocenters. The summed E-state index contributed by atoms with van der Waals surface area (Å²) in [5.74, 6) is -0.734. The van der Waals surface area contributed by atoms with Crippen LogP contribution >= 0.6 is 0 Å². The third-order valence-corrected chi connectivity index (χ3v) is 2.59. The molecule has 0 amide bonds. The molecule has 0 spiro atoms. The summed E-state index contributed by atoms with van der Waals surface area (Å²) in [5, 5.41) is 8.80. The lowest BCUT2D eigenvalue weighted by Crippen LogP contribution is -2.34. The number of benzene rings is 1. The molecule has 18 heavy (non-hydrogen) atoms. The maximum atomic E-state index is 10.7. The van der Waals surface area contributed by atoms with E-state index in [4.69, 9.17) is 5.11 Å². The van der Waals surface area contributed by atoms with E-state index in [0.717, 1.165) is 13.1 Å². The second kappa shape index (κ2) is 6.55. The van der Waals surface area contributed by atoms with Crippen molar-refractivity contribution in [3.05, 3.63) is 35.9 Å². The molecule has 1 aromatic carbocycles. The number of nitrogens with zero attached hydrogens (tertiary/aromatic N) is 1. The van der Waals surface area contributed by atoms with E-state index in [9.17, 15) is 4.79 Å². The van der Waals surface area contributed by atoms with Gasteiger partial charge in [-0.15, -0.1) is 0 Å². The zero-order chi connectivity index (χ0) is 13.6. The van der Waals surface area contributed by atoms with Gasteiger partial charge in [0.15, 0.2) is 0 Å². The van der Waals surface area contributed by atoms with E-state index < -0.39 is 5.97 Å². The third kappa shape index (κ3) is 6.40. The van der Waals surface area contributed by atoms with Crippen LogP contribution in [0.5, 0.6) is 0 Å². The largest absolute Gasteiger partial charge is 0.481 e. The number of hydrogen-bond donors (Lipinski definition) is 1. The van der Waals surface area contributed by atoms with Gasteiger partial charge in [0.25, 0.3) is 0 Å². The molecule has 1 N–H and O–H groups in total. The SMILES string of the molecule is CC(C)(C)CN(CCC(=O)O)Cc1ccccc1. The molecule has 0 bridgehead atoms. The van der Waals surface area contributed by atoms with Crippen LogP contribution in [0.1, 0.15) is 32.8 Å². The number of aliphatic carboxylic acids is 1. The van der Waals surface area contributed by atoms with Crippen LogP contribution < -0.4 is 0 Å². The quantitative estimate of drug-likeness (QED) is 0.842. The first-order valence-corrected chi connectivity index (χ1v) is 6.35. The maximum absolute atomic E-state index is 10.7. The summed E-state index contributed by atoms with van der Waals surface area (Å²) in [6.07, 6.45) is 0.197. The summed E-state index contributed by atoms with van der Waals surface area (Å²) in [5.41, 5.74) is 1.40. The molecular weight excluding hydrogens is 226 g/mol. The molecule has 1 aromatic rings. The molecule has 0 aromatic heterocycles. The topological polar surface area (TPSA) is 40.5 Å². The van der Waals surface area contributed by atoms with Crippen molar-refractivity contribution in [2.24, 2.45) is 5.41 Å². The maximum Gasteiger partial charge on any atom is 0.304 e. The van der Waals surface area contributed by atoms with E-state index in [1.165, 1.54) is 5.56 Å². The Labute approximate surface area is 109 Å². The van der Waals surface area contributed by atoms with E-state index in [1.54, 1.807) is 0 Å². The number of rotatable bonds is 6. The van der Waals surface area contributed by atoms with E-state index >= 15 is 0 Å². The van der Waals surface area contributed by atoms with E-state index in [1.807, 2.05) is 18.2 Å². The van der Waals surface area contributed by atoms with Crippen LogP contribution in [-0.4, -0.2) is 29.1 Å². The molecular formula is C15H23NO2. The molecule has 0 heterocycles. The predicted octanol–water partition coefficient (Wildman–Crippen LogP) is 3.01. The molecule has 0 saturated carbocycles.